The van der Waals surface area contributed by atoms with E-state index in [0.717, 1.165) is 63.9 Å². The van der Waals surface area contributed by atoms with Crippen LogP contribution < -0.4 is 5.32 Å². The predicted molar refractivity (Wildman–Crippen MR) is 101 cm³/mol. The zero-order valence-electron chi connectivity index (χ0n) is 14.7. The zero-order chi connectivity index (χ0) is 17.6. The minimum absolute atomic E-state index is 0.244. The largest absolute Gasteiger partial charge is 0.379 e. The monoisotopic (exact) mass is 412 g/mol. The molecule has 0 aromatic heterocycles. The highest BCUT2D eigenvalue weighted by Gasteiger charge is 2.30. The number of nitrogens with zero attached hydrogens (tertiary/aromatic N) is 3. The third-order valence-electron chi connectivity index (χ3n) is 4.76. The van der Waals surface area contributed by atoms with Crippen LogP contribution in [0, 0.1) is 5.82 Å². The predicted octanol–water partition coefficient (Wildman–Crippen LogP) is 2.46. The van der Waals surface area contributed by atoms with Crippen molar-refractivity contribution < 1.29 is 9.13 Å². The van der Waals surface area contributed by atoms with Crippen molar-refractivity contribution in [3.63, 3.8) is 0 Å². The first-order valence-electron chi connectivity index (χ1n) is 8.96. The van der Waals surface area contributed by atoms with Crippen LogP contribution in [-0.2, 0) is 11.3 Å². The molecule has 138 valence electrons. The number of likely N-dealkylation sites (tertiary alicyclic amines) is 1. The van der Waals surface area contributed by atoms with Gasteiger partial charge in [0, 0.05) is 38.8 Å². The number of hydrogen-bond donors (Lipinski definition) is 1. The standard InChI is InChI=1S/C18H26BrFN4O/c1-2-21-18(22-12-14-3-4-16(19)17(20)11-14)24-6-5-15(13-24)23-7-9-25-10-8-23/h3-4,11,15H,2,5-10,12-13H2,1H3,(H,21,22). The van der Waals surface area contributed by atoms with Crippen LogP contribution in [0.25, 0.3) is 0 Å². The Morgan fingerprint density at radius 2 is 2.16 bits per heavy atom. The Morgan fingerprint density at radius 1 is 1.36 bits per heavy atom. The molecule has 0 amide bonds. The Hall–Kier alpha value is -1.18. The van der Waals surface area contributed by atoms with Crippen molar-refractivity contribution >= 4 is 21.9 Å². The molecule has 2 fully saturated rings. The Labute approximate surface area is 157 Å². The zero-order valence-corrected chi connectivity index (χ0v) is 16.3. The van der Waals surface area contributed by atoms with Crippen LogP contribution in [0.15, 0.2) is 27.7 Å². The van der Waals surface area contributed by atoms with Crippen LogP contribution in [0.5, 0.6) is 0 Å². The van der Waals surface area contributed by atoms with Crippen LogP contribution in [-0.4, -0.2) is 67.7 Å². The second-order valence-electron chi connectivity index (χ2n) is 6.46. The van der Waals surface area contributed by atoms with Crippen molar-refractivity contribution in [2.45, 2.75) is 25.9 Å². The summed E-state index contributed by atoms with van der Waals surface area (Å²) in [4.78, 5) is 9.57. The lowest BCUT2D eigenvalue weighted by atomic mass is 10.2. The number of rotatable bonds is 4. The van der Waals surface area contributed by atoms with Gasteiger partial charge in [-0.2, -0.15) is 0 Å². The number of aliphatic imine (C=N–C) groups is 1. The Kier molecular flexibility index (Phi) is 6.67. The smallest absolute Gasteiger partial charge is 0.194 e. The van der Waals surface area contributed by atoms with Crippen LogP contribution in [0.3, 0.4) is 0 Å². The number of ether oxygens (including phenoxy) is 1. The lowest BCUT2D eigenvalue weighted by Crippen LogP contribution is -2.46. The Balaban J connectivity index is 1.62. The fraction of sp³-hybridized carbons (Fsp3) is 0.611. The molecular formula is C18H26BrFN4O. The van der Waals surface area contributed by atoms with Crippen LogP contribution >= 0.6 is 15.9 Å². The summed E-state index contributed by atoms with van der Waals surface area (Å²) >= 11 is 3.19. The summed E-state index contributed by atoms with van der Waals surface area (Å²) in [6.45, 7) is 9.07. The Morgan fingerprint density at radius 3 is 2.88 bits per heavy atom. The maximum absolute atomic E-state index is 13.7. The molecule has 1 aromatic rings. The topological polar surface area (TPSA) is 40.1 Å². The number of morpholine rings is 1. The van der Waals surface area contributed by atoms with E-state index in [1.165, 1.54) is 6.07 Å². The fourth-order valence-corrected chi connectivity index (χ4v) is 3.65. The average Bonchev–Trinajstić information content (AvgIpc) is 3.12. The Bertz CT molecular complexity index is 607. The SMILES string of the molecule is CCNC(=NCc1ccc(Br)c(F)c1)N1CCC(N2CCOCC2)C1. The lowest BCUT2D eigenvalue weighted by Gasteiger charge is -2.32. The van der Waals surface area contributed by atoms with E-state index in [1.54, 1.807) is 6.07 Å². The summed E-state index contributed by atoms with van der Waals surface area (Å²) in [5.74, 6) is 0.674. The number of hydrogen-bond acceptors (Lipinski definition) is 3. The molecule has 1 aromatic carbocycles. The number of guanidine groups is 1. The molecule has 0 saturated carbocycles. The van der Waals surface area contributed by atoms with Gasteiger partial charge in [-0.05, 0) is 47.0 Å². The molecule has 0 aliphatic carbocycles. The van der Waals surface area contributed by atoms with Crippen molar-refractivity contribution in [2.75, 3.05) is 45.9 Å². The molecule has 5 nitrogen and oxygen atoms in total. The number of benzene rings is 1. The first-order chi connectivity index (χ1) is 12.2. The molecule has 1 unspecified atom stereocenters. The highest BCUT2D eigenvalue weighted by atomic mass is 79.9. The van der Waals surface area contributed by atoms with Gasteiger partial charge >= 0.3 is 0 Å². The van der Waals surface area contributed by atoms with Crippen molar-refractivity contribution in [2.24, 2.45) is 4.99 Å². The van der Waals surface area contributed by atoms with E-state index in [1.807, 2.05) is 6.07 Å². The molecule has 25 heavy (non-hydrogen) atoms. The van der Waals surface area contributed by atoms with Gasteiger partial charge < -0.3 is 15.0 Å². The molecular weight excluding hydrogens is 387 g/mol. The first kappa shape index (κ1) is 18.6. The summed E-state index contributed by atoms with van der Waals surface area (Å²) in [6.07, 6.45) is 1.15. The number of nitrogens with one attached hydrogen (secondary N) is 1. The van der Waals surface area contributed by atoms with Crippen LogP contribution in [0.4, 0.5) is 4.39 Å². The second-order valence-corrected chi connectivity index (χ2v) is 7.31. The van der Waals surface area contributed by atoms with Crippen molar-refractivity contribution in [1.82, 2.24) is 15.1 Å². The fourth-order valence-electron chi connectivity index (χ4n) is 3.40. The maximum Gasteiger partial charge on any atom is 0.194 e. The van der Waals surface area contributed by atoms with Gasteiger partial charge in [0.15, 0.2) is 5.96 Å². The van der Waals surface area contributed by atoms with Crippen molar-refractivity contribution in [3.05, 3.63) is 34.1 Å². The van der Waals surface area contributed by atoms with Gasteiger partial charge in [0.25, 0.3) is 0 Å². The van der Waals surface area contributed by atoms with Crippen molar-refractivity contribution in [3.8, 4) is 0 Å². The molecule has 0 radical (unpaired) electrons. The summed E-state index contributed by atoms with van der Waals surface area (Å²) in [5, 5.41) is 3.37. The van der Waals surface area contributed by atoms with Gasteiger partial charge in [0.05, 0.1) is 24.2 Å². The first-order valence-corrected chi connectivity index (χ1v) is 9.75. The van der Waals surface area contributed by atoms with E-state index in [0.29, 0.717) is 17.1 Å². The minimum atomic E-state index is -0.244. The van der Waals surface area contributed by atoms with Gasteiger partial charge in [-0.1, -0.05) is 6.07 Å². The van der Waals surface area contributed by atoms with Gasteiger partial charge in [-0.15, -0.1) is 0 Å². The highest BCUT2D eigenvalue weighted by molar-refractivity contribution is 9.10. The molecule has 2 aliphatic rings. The molecule has 7 heteroatoms. The lowest BCUT2D eigenvalue weighted by molar-refractivity contribution is 0.0195. The molecule has 0 spiro atoms. The van der Waals surface area contributed by atoms with Crippen molar-refractivity contribution in [1.29, 1.82) is 0 Å². The van der Waals surface area contributed by atoms with Crippen LogP contribution in [0.2, 0.25) is 0 Å². The molecule has 0 bridgehead atoms. The van der Waals surface area contributed by atoms with E-state index in [-0.39, 0.29) is 5.82 Å². The molecule has 1 atom stereocenters. The molecule has 3 rings (SSSR count). The molecule has 2 heterocycles. The van der Waals surface area contributed by atoms with Crippen LogP contribution in [0.1, 0.15) is 18.9 Å². The summed E-state index contributed by atoms with van der Waals surface area (Å²) < 4.78 is 19.6. The van der Waals surface area contributed by atoms with Gasteiger partial charge in [0.2, 0.25) is 0 Å². The summed E-state index contributed by atoms with van der Waals surface area (Å²) in [5.41, 5.74) is 0.875. The van der Waals surface area contributed by atoms with E-state index in [4.69, 9.17) is 9.73 Å². The molecule has 2 saturated heterocycles. The number of halogens is 2. The van der Waals surface area contributed by atoms with E-state index in [9.17, 15) is 4.39 Å². The highest BCUT2D eigenvalue weighted by Crippen LogP contribution is 2.19. The third kappa shape index (κ3) is 4.92. The molecule has 2 aliphatic heterocycles. The van der Waals surface area contributed by atoms with E-state index >= 15 is 0 Å². The molecule has 1 N–H and O–H groups in total. The van der Waals surface area contributed by atoms with Gasteiger partial charge in [-0.3, -0.25) is 4.90 Å². The summed E-state index contributed by atoms with van der Waals surface area (Å²) in [7, 11) is 0. The summed E-state index contributed by atoms with van der Waals surface area (Å²) in [6, 6.07) is 5.74. The van der Waals surface area contributed by atoms with E-state index in [2.05, 4.69) is 38.0 Å². The average molecular weight is 413 g/mol. The van der Waals surface area contributed by atoms with Gasteiger partial charge in [0.1, 0.15) is 5.82 Å². The quantitative estimate of drug-likeness (QED) is 0.608. The normalized spacial score (nSPS) is 22.4. The van der Waals surface area contributed by atoms with Gasteiger partial charge in [-0.25, -0.2) is 9.38 Å². The third-order valence-corrected chi connectivity index (χ3v) is 5.40. The maximum atomic E-state index is 13.7. The van der Waals surface area contributed by atoms with E-state index < -0.39 is 0 Å². The minimum Gasteiger partial charge on any atom is -0.379 e. The second kappa shape index (κ2) is 8.96.